The number of carbonyl (C=O) groups is 1. The maximum atomic E-state index is 12.3. The molecular formula is C49H89NO3. The summed E-state index contributed by atoms with van der Waals surface area (Å²) < 4.78 is 0. The van der Waals surface area contributed by atoms with Crippen LogP contribution < -0.4 is 5.32 Å². The highest BCUT2D eigenvalue weighted by molar-refractivity contribution is 5.76. The molecule has 0 saturated heterocycles. The smallest absolute Gasteiger partial charge is 0.220 e. The lowest BCUT2D eigenvalue weighted by molar-refractivity contribution is -0.123. The highest BCUT2D eigenvalue weighted by atomic mass is 16.3. The summed E-state index contributed by atoms with van der Waals surface area (Å²) in [5, 5.41) is 23.0. The van der Waals surface area contributed by atoms with Crippen molar-refractivity contribution in [3.05, 3.63) is 60.8 Å². The third-order valence-electron chi connectivity index (χ3n) is 10.3. The number of hydrogen-bond acceptors (Lipinski definition) is 3. The molecule has 0 radical (unpaired) electrons. The first-order valence-electron chi connectivity index (χ1n) is 23.0. The summed E-state index contributed by atoms with van der Waals surface area (Å²) in [6, 6.07) is -0.534. The van der Waals surface area contributed by atoms with Crippen LogP contribution in [0.3, 0.4) is 0 Å². The number of allylic oxidation sites excluding steroid dienone is 10. The van der Waals surface area contributed by atoms with Crippen LogP contribution in [-0.4, -0.2) is 34.9 Å². The molecule has 0 aromatic carbocycles. The fourth-order valence-electron chi connectivity index (χ4n) is 6.80. The van der Waals surface area contributed by atoms with Crippen molar-refractivity contribution in [3.63, 3.8) is 0 Å². The van der Waals surface area contributed by atoms with Crippen LogP contribution in [0.4, 0.5) is 0 Å². The van der Waals surface area contributed by atoms with Gasteiger partial charge in [-0.3, -0.25) is 4.79 Å². The minimum Gasteiger partial charge on any atom is -0.394 e. The van der Waals surface area contributed by atoms with Crippen molar-refractivity contribution in [3.8, 4) is 0 Å². The molecule has 0 bridgehead atoms. The first-order valence-corrected chi connectivity index (χ1v) is 23.0. The lowest BCUT2D eigenvalue weighted by atomic mass is 10.0. The Morgan fingerprint density at radius 2 is 0.830 bits per heavy atom. The number of nitrogens with one attached hydrogen (secondary N) is 1. The number of aliphatic hydroxyl groups excluding tert-OH is 2. The monoisotopic (exact) mass is 740 g/mol. The number of carbonyl (C=O) groups excluding carboxylic acids is 1. The Balaban J connectivity index is 3.43. The molecule has 0 aromatic heterocycles. The minimum absolute atomic E-state index is 0.0351. The average molecular weight is 740 g/mol. The summed E-state index contributed by atoms with van der Waals surface area (Å²) in [7, 11) is 0. The van der Waals surface area contributed by atoms with Gasteiger partial charge in [-0.15, -0.1) is 0 Å². The van der Waals surface area contributed by atoms with Crippen LogP contribution in [-0.2, 0) is 4.79 Å². The Kier molecular flexibility index (Phi) is 42.9. The molecule has 308 valence electrons. The van der Waals surface area contributed by atoms with E-state index in [-0.39, 0.29) is 12.5 Å². The molecule has 0 rings (SSSR count). The molecule has 3 N–H and O–H groups in total. The summed E-state index contributed by atoms with van der Waals surface area (Å²) >= 11 is 0. The molecule has 0 aliphatic rings. The lowest BCUT2D eigenvalue weighted by Gasteiger charge is -2.22. The van der Waals surface area contributed by atoms with Crippen molar-refractivity contribution in [2.75, 3.05) is 6.61 Å². The second-order valence-electron chi connectivity index (χ2n) is 15.4. The van der Waals surface area contributed by atoms with E-state index in [2.05, 4.69) is 79.9 Å². The van der Waals surface area contributed by atoms with E-state index in [1.807, 2.05) is 0 Å². The lowest BCUT2D eigenvalue weighted by Crippen LogP contribution is -2.45. The van der Waals surface area contributed by atoms with Crippen LogP contribution in [0.15, 0.2) is 60.8 Å². The molecule has 0 saturated carbocycles. The van der Waals surface area contributed by atoms with Crippen LogP contribution in [0, 0.1) is 0 Å². The maximum Gasteiger partial charge on any atom is 0.220 e. The SMILES string of the molecule is CC/C=C\C/C=C\C/C=C\C/C=C\C/C=C\CCCCCCCCCCCCCCCCCCCC(=O)NC(CO)C(O)CCCCCCCCCC. The van der Waals surface area contributed by atoms with E-state index in [1.54, 1.807) is 0 Å². The van der Waals surface area contributed by atoms with Crippen molar-refractivity contribution in [1.82, 2.24) is 5.32 Å². The predicted octanol–water partition coefficient (Wildman–Crippen LogP) is 14.5. The van der Waals surface area contributed by atoms with Crippen molar-refractivity contribution in [2.45, 2.75) is 238 Å². The summed E-state index contributed by atoms with van der Waals surface area (Å²) in [5.41, 5.74) is 0. The Labute approximate surface area is 330 Å². The molecular weight excluding hydrogens is 651 g/mol. The van der Waals surface area contributed by atoms with Gasteiger partial charge < -0.3 is 15.5 Å². The molecule has 4 nitrogen and oxygen atoms in total. The van der Waals surface area contributed by atoms with Crippen LogP contribution in [0.25, 0.3) is 0 Å². The Morgan fingerprint density at radius 3 is 1.25 bits per heavy atom. The zero-order valence-electron chi connectivity index (χ0n) is 35.3. The van der Waals surface area contributed by atoms with Gasteiger partial charge in [0.25, 0.3) is 0 Å². The first kappa shape index (κ1) is 51.1. The normalized spacial score (nSPS) is 13.5. The summed E-state index contributed by atoms with van der Waals surface area (Å²) in [5.74, 6) is -0.0351. The highest BCUT2D eigenvalue weighted by Gasteiger charge is 2.20. The zero-order chi connectivity index (χ0) is 38.6. The Morgan fingerprint density at radius 1 is 0.472 bits per heavy atom. The molecule has 0 aliphatic heterocycles. The predicted molar refractivity (Wildman–Crippen MR) is 234 cm³/mol. The topological polar surface area (TPSA) is 69.6 Å². The quantitative estimate of drug-likeness (QED) is 0.0432. The van der Waals surface area contributed by atoms with Gasteiger partial charge >= 0.3 is 0 Å². The van der Waals surface area contributed by atoms with E-state index < -0.39 is 12.1 Å². The number of amides is 1. The van der Waals surface area contributed by atoms with E-state index in [0.29, 0.717) is 12.8 Å². The molecule has 4 heteroatoms. The van der Waals surface area contributed by atoms with Crippen molar-refractivity contribution in [1.29, 1.82) is 0 Å². The molecule has 1 amide bonds. The van der Waals surface area contributed by atoms with Gasteiger partial charge in [-0.05, 0) is 57.8 Å². The van der Waals surface area contributed by atoms with Crippen LogP contribution in [0.1, 0.15) is 226 Å². The second kappa shape index (κ2) is 44.5. The largest absolute Gasteiger partial charge is 0.394 e. The van der Waals surface area contributed by atoms with Gasteiger partial charge in [-0.25, -0.2) is 0 Å². The van der Waals surface area contributed by atoms with Crippen LogP contribution in [0.5, 0.6) is 0 Å². The third-order valence-corrected chi connectivity index (χ3v) is 10.3. The second-order valence-corrected chi connectivity index (χ2v) is 15.4. The Hall–Kier alpha value is -1.91. The molecule has 53 heavy (non-hydrogen) atoms. The van der Waals surface area contributed by atoms with Gasteiger partial charge in [-0.1, -0.05) is 222 Å². The number of hydrogen-bond donors (Lipinski definition) is 3. The number of aliphatic hydroxyl groups is 2. The van der Waals surface area contributed by atoms with Gasteiger partial charge in [-0.2, -0.15) is 0 Å². The van der Waals surface area contributed by atoms with Crippen molar-refractivity contribution < 1.29 is 15.0 Å². The first-order chi connectivity index (χ1) is 26.2. The number of rotatable bonds is 41. The summed E-state index contributed by atoms with van der Waals surface area (Å²) in [4.78, 5) is 12.3. The molecule has 2 atom stereocenters. The minimum atomic E-state index is -0.656. The molecule has 0 aliphatic carbocycles. The molecule has 2 unspecified atom stereocenters. The fourth-order valence-corrected chi connectivity index (χ4v) is 6.80. The van der Waals surface area contributed by atoms with E-state index in [9.17, 15) is 15.0 Å². The van der Waals surface area contributed by atoms with Gasteiger partial charge in [0.1, 0.15) is 0 Å². The Bertz CT molecular complexity index is 888. The van der Waals surface area contributed by atoms with Gasteiger partial charge in [0.15, 0.2) is 0 Å². The van der Waals surface area contributed by atoms with E-state index in [1.165, 1.54) is 141 Å². The number of unbranched alkanes of at least 4 members (excludes halogenated alkanes) is 24. The van der Waals surface area contributed by atoms with Crippen LogP contribution in [0.2, 0.25) is 0 Å². The summed E-state index contributed by atoms with van der Waals surface area (Å²) in [6.45, 7) is 4.21. The third kappa shape index (κ3) is 41.1. The zero-order valence-corrected chi connectivity index (χ0v) is 35.3. The van der Waals surface area contributed by atoms with E-state index in [0.717, 1.165) is 57.8 Å². The molecule has 0 aromatic rings. The molecule has 0 heterocycles. The fraction of sp³-hybridized carbons (Fsp3) is 0.776. The maximum absolute atomic E-state index is 12.3. The van der Waals surface area contributed by atoms with Gasteiger partial charge in [0.05, 0.1) is 18.8 Å². The standard InChI is InChI=1S/C49H89NO3/c1-3-5-7-9-11-13-14-15-16-17-18-19-20-21-22-23-24-25-26-27-28-29-30-31-32-33-34-35-36-37-39-41-43-45-49(53)50-47(46-51)48(52)44-42-40-38-12-10-8-6-4-2/h5,7,11,13,15-16,18-19,21-22,47-48,51-52H,3-4,6,8-10,12,14,17,20,23-46H2,1-2H3,(H,50,53)/b7-5-,13-11-,16-15-,19-18-,22-21-. The van der Waals surface area contributed by atoms with E-state index >= 15 is 0 Å². The van der Waals surface area contributed by atoms with Crippen molar-refractivity contribution in [2.24, 2.45) is 0 Å². The highest BCUT2D eigenvalue weighted by Crippen LogP contribution is 2.16. The van der Waals surface area contributed by atoms with Crippen LogP contribution >= 0.6 is 0 Å². The molecule has 0 fully saturated rings. The van der Waals surface area contributed by atoms with Gasteiger partial charge in [0, 0.05) is 6.42 Å². The molecule has 0 spiro atoms. The van der Waals surface area contributed by atoms with Gasteiger partial charge in [0.2, 0.25) is 5.91 Å². The summed E-state index contributed by atoms with van der Waals surface area (Å²) in [6.07, 6.45) is 61.8. The van der Waals surface area contributed by atoms with Crippen molar-refractivity contribution >= 4 is 5.91 Å². The average Bonchev–Trinajstić information content (AvgIpc) is 3.16. The van der Waals surface area contributed by atoms with E-state index in [4.69, 9.17) is 0 Å².